The minimum absolute atomic E-state index is 0.0424. The number of fused-ring (bicyclic) bond motifs is 9. The van der Waals surface area contributed by atoms with Gasteiger partial charge in [0.1, 0.15) is 0 Å². The summed E-state index contributed by atoms with van der Waals surface area (Å²) in [5, 5.41) is 41.2. The SMILES string of the molecule is OCCOCCC1(CCOCCO)c2ccc(-c3ccccc3)cc2-c2ccc(-c3ccc4c(c3)c3cc(-c5ccc6c(c5)C(CCOCCO)(CCOCCO)c5ccc(-c7ccccc7)cc5-6)ccc3n4-c3ccccc3)cc21. The van der Waals surface area contributed by atoms with Crippen LogP contribution in [0.2, 0.25) is 0 Å². The molecule has 1 aromatic heterocycles. The Morgan fingerprint density at radius 2 is 0.617 bits per heavy atom. The van der Waals surface area contributed by atoms with Gasteiger partial charge in [0.25, 0.3) is 0 Å². The summed E-state index contributed by atoms with van der Waals surface area (Å²) in [4.78, 5) is 0. The molecule has 0 unspecified atom stereocenters. The molecule has 0 radical (unpaired) electrons. The summed E-state index contributed by atoms with van der Waals surface area (Å²) in [5.41, 5.74) is 21.1. The summed E-state index contributed by atoms with van der Waals surface area (Å²) in [6, 6.07) is 73.0. The Balaban J connectivity index is 0.996. The Bertz CT molecular complexity index is 3550. The number of aliphatic hydroxyl groups excluding tert-OH is 4. The van der Waals surface area contributed by atoms with Gasteiger partial charge in [0.2, 0.25) is 0 Å². The summed E-state index contributed by atoms with van der Waals surface area (Å²) in [6.07, 6.45) is 2.76. The van der Waals surface area contributed by atoms with Crippen molar-refractivity contribution < 1.29 is 39.4 Å². The monoisotopic (exact) mass is 1080 g/mol. The molecule has 0 saturated heterocycles. The van der Waals surface area contributed by atoms with Crippen molar-refractivity contribution in [2.24, 2.45) is 0 Å². The van der Waals surface area contributed by atoms with Crippen LogP contribution in [0.25, 0.3) is 94.3 Å². The van der Waals surface area contributed by atoms with E-state index in [1.54, 1.807) is 0 Å². The number of aliphatic hydroxyl groups is 4. The molecule has 0 amide bonds. The van der Waals surface area contributed by atoms with Crippen molar-refractivity contribution in [1.82, 2.24) is 4.57 Å². The summed E-state index contributed by atoms with van der Waals surface area (Å²) >= 11 is 0. The Hall–Kier alpha value is -7.54. The van der Waals surface area contributed by atoms with Crippen molar-refractivity contribution in [3.05, 3.63) is 222 Å². The average Bonchev–Trinajstić information content (AvgIpc) is 3.73. The van der Waals surface area contributed by atoms with Crippen LogP contribution < -0.4 is 0 Å². The normalized spacial score (nSPS) is 13.6. The van der Waals surface area contributed by atoms with Crippen LogP contribution in [-0.4, -0.2) is 104 Å². The highest BCUT2D eigenvalue weighted by Gasteiger charge is 2.45. The van der Waals surface area contributed by atoms with E-state index in [9.17, 15) is 20.4 Å². The van der Waals surface area contributed by atoms with Crippen LogP contribution in [0.3, 0.4) is 0 Å². The van der Waals surface area contributed by atoms with E-state index >= 15 is 0 Å². The molecule has 10 aromatic rings. The molecular formula is C72H69NO8. The minimum Gasteiger partial charge on any atom is -0.394 e. The van der Waals surface area contributed by atoms with Crippen molar-refractivity contribution in [2.75, 3.05) is 79.3 Å². The molecule has 4 N–H and O–H groups in total. The van der Waals surface area contributed by atoms with E-state index in [1.165, 1.54) is 44.5 Å². The molecule has 0 spiro atoms. The van der Waals surface area contributed by atoms with Gasteiger partial charge in [-0.25, -0.2) is 0 Å². The predicted octanol–water partition coefficient (Wildman–Crippen LogP) is 13.6. The van der Waals surface area contributed by atoms with Gasteiger partial charge in [-0.1, -0.05) is 140 Å². The number of benzene rings is 9. The van der Waals surface area contributed by atoms with Crippen molar-refractivity contribution in [2.45, 2.75) is 36.5 Å². The van der Waals surface area contributed by atoms with E-state index in [2.05, 4.69) is 193 Å². The number of aromatic nitrogens is 1. The first-order valence-electron chi connectivity index (χ1n) is 28.6. The van der Waals surface area contributed by atoms with E-state index in [1.807, 2.05) is 12.1 Å². The average molecular weight is 1080 g/mol. The molecule has 81 heavy (non-hydrogen) atoms. The van der Waals surface area contributed by atoms with Crippen molar-refractivity contribution in [3.63, 3.8) is 0 Å². The number of hydrogen-bond donors (Lipinski definition) is 4. The van der Waals surface area contributed by atoms with Gasteiger partial charge in [-0.3, -0.25) is 0 Å². The van der Waals surface area contributed by atoms with Crippen LogP contribution in [0.4, 0.5) is 0 Å². The van der Waals surface area contributed by atoms with E-state index in [-0.39, 0.29) is 52.9 Å². The maximum Gasteiger partial charge on any atom is 0.0697 e. The number of ether oxygens (including phenoxy) is 4. The molecule has 9 heteroatoms. The van der Waals surface area contributed by atoms with Crippen LogP contribution in [0.15, 0.2) is 200 Å². The molecule has 2 aliphatic rings. The topological polar surface area (TPSA) is 123 Å². The number of hydrogen-bond acceptors (Lipinski definition) is 8. The van der Waals surface area contributed by atoms with Gasteiger partial charge >= 0.3 is 0 Å². The lowest BCUT2D eigenvalue weighted by Gasteiger charge is -2.33. The molecule has 9 nitrogen and oxygen atoms in total. The number of nitrogens with zero attached hydrogens (tertiary/aromatic N) is 1. The Kier molecular flexibility index (Phi) is 16.2. The second-order valence-electron chi connectivity index (χ2n) is 21.4. The quantitative estimate of drug-likeness (QED) is 0.0418. The Labute approximate surface area is 474 Å². The first-order chi connectivity index (χ1) is 40.0. The van der Waals surface area contributed by atoms with E-state index < -0.39 is 10.8 Å². The van der Waals surface area contributed by atoms with Gasteiger partial charge in [0.05, 0.1) is 63.9 Å². The second kappa shape index (κ2) is 24.3. The fraction of sp³-hybridized carbons (Fsp3) is 0.250. The van der Waals surface area contributed by atoms with E-state index in [0.717, 1.165) is 72.0 Å². The zero-order chi connectivity index (χ0) is 55.2. The Morgan fingerprint density at radius 3 is 1.00 bits per heavy atom. The summed E-state index contributed by atoms with van der Waals surface area (Å²) in [6.45, 7) is 2.74. The summed E-state index contributed by atoms with van der Waals surface area (Å²) < 4.78 is 26.6. The molecule has 9 aromatic carbocycles. The molecule has 0 aliphatic heterocycles. The predicted molar refractivity (Wildman–Crippen MR) is 325 cm³/mol. The Morgan fingerprint density at radius 1 is 0.284 bits per heavy atom. The third-order valence-corrected chi connectivity index (χ3v) is 17.0. The number of rotatable bonds is 25. The fourth-order valence-corrected chi connectivity index (χ4v) is 13.2. The highest BCUT2D eigenvalue weighted by Crippen LogP contribution is 2.56. The molecule has 0 saturated carbocycles. The first kappa shape index (κ1) is 54.1. The first-order valence-corrected chi connectivity index (χ1v) is 28.6. The lowest BCUT2D eigenvalue weighted by Crippen LogP contribution is -2.29. The number of para-hydroxylation sites is 1. The highest BCUT2D eigenvalue weighted by molar-refractivity contribution is 6.12. The minimum atomic E-state index is -0.457. The molecular weight excluding hydrogens is 1010 g/mol. The third kappa shape index (κ3) is 10.3. The zero-order valence-electron chi connectivity index (χ0n) is 45.7. The van der Waals surface area contributed by atoms with E-state index in [4.69, 9.17) is 18.9 Å². The molecule has 0 atom stereocenters. The van der Waals surface area contributed by atoms with Gasteiger partial charge in [-0.2, -0.15) is 0 Å². The third-order valence-electron chi connectivity index (χ3n) is 17.0. The lowest BCUT2D eigenvalue weighted by molar-refractivity contribution is 0.0646. The maximum absolute atomic E-state index is 9.73. The van der Waals surface area contributed by atoms with Gasteiger partial charge in [0.15, 0.2) is 0 Å². The highest BCUT2D eigenvalue weighted by atomic mass is 16.5. The molecule has 410 valence electrons. The lowest BCUT2D eigenvalue weighted by atomic mass is 9.72. The molecule has 0 fully saturated rings. The fourth-order valence-electron chi connectivity index (χ4n) is 13.2. The van der Waals surface area contributed by atoms with Gasteiger partial charge in [0, 0.05) is 53.7 Å². The van der Waals surface area contributed by atoms with E-state index in [0.29, 0.717) is 52.1 Å². The van der Waals surface area contributed by atoms with Gasteiger partial charge in [-0.15, -0.1) is 0 Å². The second-order valence-corrected chi connectivity index (χ2v) is 21.4. The van der Waals surface area contributed by atoms with Crippen LogP contribution >= 0.6 is 0 Å². The van der Waals surface area contributed by atoms with Crippen LogP contribution in [0, 0.1) is 0 Å². The zero-order valence-corrected chi connectivity index (χ0v) is 45.7. The summed E-state index contributed by atoms with van der Waals surface area (Å²) in [7, 11) is 0. The smallest absolute Gasteiger partial charge is 0.0697 e. The van der Waals surface area contributed by atoms with Gasteiger partial charge in [-0.05, 0) is 175 Å². The van der Waals surface area contributed by atoms with Crippen molar-refractivity contribution in [3.8, 4) is 72.4 Å². The molecule has 2 aliphatic carbocycles. The molecule has 0 bridgehead atoms. The van der Waals surface area contributed by atoms with Crippen molar-refractivity contribution in [1.29, 1.82) is 0 Å². The van der Waals surface area contributed by atoms with Crippen molar-refractivity contribution >= 4 is 21.8 Å². The molecule has 12 rings (SSSR count). The standard InChI is InChI=1S/C72H69NO8/c74-32-40-78-36-28-71(29-37-79-41-33-75)65-24-18-52(50-10-4-1-5-11-50)44-61(65)59-22-16-56(48-67(59)71)54-20-26-69-63(46-54)64-47-55(21-27-70(64)73(69)58-14-8-3-9-15-58)57-17-23-60-62-45-53(51-12-6-2-7-13-51)19-25-66(62)72(68(60)49-57,30-38-80-42-34-76)31-39-81-43-35-77/h1-27,44-49,74-77H,28-43H2. The largest absolute Gasteiger partial charge is 0.394 e. The maximum atomic E-state index is 9.73. The van der Waals surface area contributed by atoms with Gasteiger partial charge < -0.3 is 43.9 Å². The molecule has 1 heterocycles. The summed E-state index contributed by atoms with van der Waals surface area (Å²) in [5.74, 6) is 0. The van der Waals surface area contributed by atoms with Crippen LogP contribution in [0.1, 0.15) is 47.9 Å². The van der Waals surface area contributed by atoms with Crippen LogP contribution in [0.5, 0.6) is 0 Å². The van der Waals surface area contributed by atoms with Crippen LogP contribution in [-0.2, 0) is 29.8 Å².